The van der Waals surface area contributed by atoms with Gasteiger partial charge in [-0.25, -0.2) is 0 Å². The van der Waals surface area contributed by atoms with E-state index in [9.17, 15) is 0 Å². The van der Waals surface area contributed by atoms with Gasteiger partial charge in [-0.15, -0.1) is 0 Å². The fourth-order valence-corrected chi connectivity index (χ4v) is 7.42. The Kier molecular flexibility index (Phi) is 19.4. The average molecular weight is 455 g/mol. The van der Waals surface area contributed by atoms with Crippen LogP contribution in [0.3, 0.4) is 0 Å². The molecule has 22 heavy (non-hydrogen) atoms. The summed E-state index contributed by atoms with van der Waals surface area (Å²) in [4.78, 5) is 0. The van der Waals surface area contributed by atoms with Gasteiger partial charge in [0.15, 0.2) is 0 Å². The van der Waals surface area contributed by atoms with Gasteiger partial charge in [0.2, 0.25) is 0 Å². The minimum Gasteiger partial charge on any atom is -0.179 e. The maximum atomic E-state index is 4.87. The third-order valence-corrected chi connectivity index (χ3v) is 9.16. The minimum absolute atomic E-state index is 0.392. The van der Waals surface area contributed by atoms with Crippen LogP contribution in [0.15, 0.2) is 0 Å². The highest BCUT2D eigenvalue weighted by Crippen LogP contribution is 2.35. The molecule has 4 unspecified atom stereocenters. The van der Waals surface area contributed by atoms with Crippen molar-refractivity contribution in [2.45, 2.75) is 46.7 Å². The van der Waals surface area contributed by atoms with Crippen molar-refractivity contribution in [2.75, 3.05) is 34.5 Å². The highest BCUT2D eigenvalue weighted by Gasteiger charge is 2.28. The summed E-state index contributed by atoms with van der Waals surface area (Å²) in [5.41, 5.74) is 0. The van der Waals surface area contributed by atoms with E-state index in [2.05, 4.69) is 63.1 Å². The van der Waals surface area contributed by atoms with E-state index in [0.717, 1.165) is 53.8 Å². The summed E-state index contributed by atoms with van der Waals surface area (Å²) in [6.45, 7) is 0. The van der Waals surface area contributed by atoms with Gasteiger partial charge in [-0.2, -0.15) is 99.3 Å². The molecule has 0 aliphatic heterocycles. The maximum Gasteiger partial charge on any atom is 0.0283 e. The molecule has 0 radical (unpaired) electrons. The molecule has 0 saturated heterocycles. The number of thioether (sulfide) groups is 2. The zero-order valence-electron chi connectivity index (χ0n) is 12.9. The highest BCUT2D eigenvalue weighted by atomic mass is 32.2. The van der Waals surface area contributed by atoms with E-state index in [4.69, 9.17) is 12.6 Å². The molecule has 0 aliphatic rings. The Bertz CT molecular complexity index is 241. The average Bonchev–Trinajstić information content (AvgIpc) is 2.50. The smallest absolute Gasteiger partial charge is 0.0283 e. The number of hydrogen-bond acceptors (Lipinski definition) is 8. The van der Waals surface area contributed by atoms with Gasteiger partial charge < -0.3 is 0 Å². The molecule has 0 saturated carbocycles. The summed E-state index contributed by atoms with van der Waals surface area (Å²) in [7, 11) is 0. The molecule has 0 heterocycles. The first-order chi connectivity index (χ1) is 10.6. The van der Waals surface area contributed by atoms with Crippen LogP contribution >= 0.6 is 99.3 Å². The van der Waals surface area contributed by atoms with Crippen molar-refractivity contribution >= 4 is 99.3 Å². The SMILES string of the molecule is SCCSC(CCC(S)CCS)C(SCCS)C(S)CCS. The van der Waals surface area contributed by atoms with E-state index in [1.807, 2.05) is 23.5 Å². The summed E-state index contributed by atoms with van der Waals surface area (Å²) < 4.78 is 0. The lowest BCUT2D eigenvalue weighted by Gasteiger charge is -2.31. The molecule has 134 valence electrons. The van der Waals surface area contributed by atoms with Crippen LogP contribution in [0, 0.1) is 0 Å². The van der Waals surface area contributed by atoms with E-state index < -0.39 is 0 Å². The topological polar surface area (TPSA) is 0 Å². The molecule has 0 amide bonds. The molecule has 0 fully saturated rings. The molecule has 0 rings (SSSR count). The van der Waals surface area contributed by atoms with Crippen LogP contribution in [0.2, 0.25) is 0 Å². The van der Waals surface area contributed by atoms with Crippen molar-refractivity contribution in [3.63, 3.8) is 0 Å². The lowest BCUT2D eigenvalue weighted by molar-refractivity contribution is 0.627. The summed E-state index contributed by atoms with van der Waals surface area (Å²) in [5.74, 6) is 5.82. The highest BCUT2D eigenvalue weighted by molar-refractivity contribution is 8.04. The van der Waals surface area contributed by atoms with Gasteiger partial charge in [-0.05, 0) is 48.7 Å². The van der Waals surface area contributed by atoms with Gasteiger partial charge in [-0.1, -0.05) is 0 Å². The van der Waals surface area contributed by atoms with E-state index in [0.29, 0.717) is 21.0 Å². The maximum absolute atomic E-state index is 4.87. The van der Waals surface area contributed by atoms with Crippen LogP contribution in [-0.2, 0) is 0 Å². The molecule has 0 aromatic heterocycles. The molecule has 4 atom stereocenters. The van der Waals surface area contributed by atoms with Gasteiger partial charge in [0, 0.05) is 32.5 Å². The fourth-order valence-electron chi connectivity index (χ4n) is 2.15. The summed E-state index contributed by atoms with van der Waals surface area (Å²) in [6, 6.07) is 0. The molecule has 0 bridgehead atoms. The summed E-state index contributed by atoms with van der Waals surface area (Å²) in [5, 5.41) is 2.00. The zero-order chi connectivity index (χ0) is 16.8. The molecule has 0 spiro atoms. The fraction of sp³-hybridized carbons (Fsp3) is 1.00. The standard InChI is InChI=1S/C14H30S8/c15-5-3-11(19)1-2-13(21-9-7-17)14(22-10-8-18)12(20)4-6-16/h11-20H,1-10H2. The van der Waals surface area contributed by atoms with Gasteiger partial charge in [0.05, 0.1) is 0 Å². The van der Waals surface area contributed by atoms with Gasteiger partial charge in [0.1, 0.15) is 0 Å². The van der Waals surface area contributed by atoms with E-state index in [1.165, 1.54) is 6.42 Å². The molecule has 8 heteroatoms. The van der Waals surface area contributed by atoms with E-state index in [-0.39, 0.29) is 0 Å². The van der Waals surface area contributed by atoms with E-state index >= 15 is 0 Å². The van der Waals surface area contributed by atoms with Crippen LogP contribution in [0.25, 0.3) is 0 Å². The molecule has 0 nitrogen and oxygen atoms in total. The second kappa shape index (κ2) is 17.2. The van der Waals surface area contributed by atoms with Crippen molar-refractivity contribution < 1.29 is 0 Å². The van der Waals surface area contributed by atoms with Gasteiger partial charge in [0.25, 0.3) is 0 Å². The second-order valence-electron chi connectivity index (χ2n) is 5.01. The molecule has 0 aromatic carbocycles. The van der Waals surface area contributed by atoms with Crippen molar-refractivity contribution in [3.05, 3.63) is 0 Å². The first-order valence-electron chi connectivity index (χ1n) is 7.63. The van der Waals surface area contributed by atoms with Crippen LogP contribution in [0.5, 0.6) is 0 Å². The van der Waals surface area contributed by atoms with Crippen molar-refractivity contribution in [3.8, 4) is 0 Å². The molecule has 0 N–H and O–H groups in total. The predicted molar refractivity (Wildman–Crippen MR) is 132 cm³/mol. The number of thiol groups is 6. The van der Waals surface area contributed by atoms with E-state index in [1.54, 1.807) is 0 Å². The normalized spacial score (nSPS) is 17.2. The van der Waals surface area contributed by atoms with Crippen LogP contribution in [0.4, 0.5) is 0 Å². The molecule has 0 aliphatic carbocycles. The molecule has 0 aromatic rings. The van der Waals surface area contributed by atoms with Crippen molar-refractivity contribution in [2.24, 2.45) is 0 Å². The Labute approximate surface area is 179 Å². The monoisotopic (exact) mass is 454 g/mol. The molecular weight excluding hydrogens is 425 g/mol. The Morgan fingerprint density at radius 3 is 1.77 bits per heavy atom. The third kappa shape index (κ3) is 12.2. The summed E-state index contributed by atoms with van der Waals surface area (Å²) in [6.07, 6.45) is 4.46. The van der Waals surface area contributed by atoms with Crippen LogP contribution in [0.1, 0.15) is 25.7 Å². The summed E-state index contributed by atoms with van der Waals surface area (Å²) >= 11 is 31.1. The first kappa shape index (κ1) is 24.8. The Hall–Kier alpha value is 2.80. The van der Waals surface area contributed by atoms with Crippen LogP contribution < -0.4 is 0 Å². The van der Waals surface area contributed by atoms with Gasteiger partial charge >= 0.3 is 0 Å². The number of hydrogen-bond donors (Lipinski definition) is 6. The van der Waals surface area contributed by atoms with Crippen molar-refractivity contribution in [1.82, 2.24) is 0 Å². The first-order valence-corrected chi connectivity index (χ1v) is 13.3. The lowest BCUT2D eigenvalue weighted by atomic mass is 10.1. The lowest BCUT2D eigenvalue weighted by Crippen LogP contribution is -2.31. The quantitative estimate of drug-likeness (QED) is 0.191. The molecular formula is C14H30S8. The minimum atomic E-state index is 0.392. The van der Waals surface area contributed by atoms with Crippen molar-refractivity contribution in [1.29, 1.82) is 0 Å². The third-order valence-electron chi connectivity index (χ3n) is 3.24. The Morgan fingerprint density at radius 2 is 1.23 bits per heavy atom. The predicted octanol–water partition coefficient (Wildman–Crippen LogP) is 5.07. The Balaban J connectivity index is 4.70. The van der Waals surface area contributed by atoms with Gasteiger partial charge in [-0.3, -0.25) is 0 Å². The zero-order valence-corrected chi connectivity index (χ0v) is 19.9. The largest absolute Gasteiger partial charge is 0.179 e. The number of rotatable bonds is 15. The Morgan fingerprint density at radius 1 is 0.636 bits per heavy atom. The van der Waals surface area contributed by atoms with Crippen LogP contribution in [-0.4, -0.2) is 55.5 Å². The second-order valence-corrected chi connectivity index (χ2v) is 10.8.